The molecule has 1 amide bonds. The number of piperidine rings is 1. The first-order valence-corrected chi connectivity index (χ1v) is 13.2. The van der Waals surface area contributed by atoms with Gasteiger partial charge in [0.2, 0.25) is 0 Å². The van der Waals surface area contributed by atoms with Crippen LogP contribution in [0.4, 0.5) is 4.79 Å². The van der Waals surface area contributed by atoms with Crippen molar-refractivity contribution in [2.24, 2.45) is 0 Å². The lowest BCUT2D eigenvalue weighted by molar-refractivity contribution is -0.0358. The molecule has 9 heteroatoms. The molecule has 182 valence electrons. The third kappa shape index (κ3) is 5.26. The number of carbonyl (C=O) groups excluding carboxylic acids is 1. The van der Waals surface area contributed by atoms with Crippen LogP contribution in [0.25, 0.3) is 10.9 Å². The zero-order chi connectivity index (χ0) is 24.7. The van der Waals surface area contributed by atoms with Crippen LogP contribution in [0.15, 0.2) is 53.7 Å². The van der Waals surface area contributed by atoms with Crippen LogP contribution in [0.3, 0.4) is 0 Å². The van der Waals surface area contributed by atoms with Crippen LogP contribution >= 0.6 is 0 Å². The Labute approximate surface area is 200 Å². The predicted octanol–water partition coefficient (Wildman–Crippen LogP) is 3.71. The molecule has 3 heterocycles. The lowest BCUT2D eigenvalue weighted by Gasteiger charge is -2.38. The number of amides is 1. The van der Waals surface area contributed by atoms with E-state index in [9.17, 15) is 18.3 Å². The number of aliphatic hydroxyl groups is 1. The molecule has 1 aliphatic rings. The number of pyridine rings is 1. The van der Waals surface area contributed by atoms with Crippen molar-refractivity contribution in [3.05, 3.63) is 60.0 Å². The van der Waals surface area contributed by atoms with Crippen molar-refractivity contribution in [1.29, 1.82) is 0 Å². The topological polar surface area (TPSA) is 102 Å². The third-order valence-corrected chi connectivity index (χ3v) is 7.22. The highest BCUT2D eigenvalue weighted by atomic mass is 32.2. The molecule has 0 atom stereocenters. The van der Waals surface area contributed by atoms with Crippen molar-refractivity contribution >= 4 is 26.8 Å². The number of likely N-dealkylation sites (tertiary alicyclic amines) is 1. The van der Waals surface area contributed by atoms with Crippen LogP contribution in [0.2, 0.25) is 0 Å². The maximum absolute atomic E-state index is 12.3. The molecule has 8 nitrogen and oxygen atoms in total. The third-order valence-electron chi connectivity index (χ3n) is 6.11. The van der Waals surface area contributed by atoms with Gasteiger partial charge >= 0.3 is 6.09 Å². The Morgan fingerprint density at radius 3 is 2.44 bits per heavy atom. The number of aromatic nitrogens is 2. The molecule has 2 aromatic heterocycles. The SMILES string of the molecule is CC(C)(C)OC(=O)N1CCC(O)(c2ccc(Cn3ccc4cc(S(C)(=O)=O)ccc43)nc2)CC1. The van der Waals surface area contributed by atoms with Gasteiger partial charge in [-0.15, -0.1) is 0 Å². The minimum absolute atomic E-state index is 0.297. The van der Waals surface area contributed by atoms with E-state index < -0.39 is 21.0 Å². The molecule has 1 saturated heterocycles. The molecule has 0 saturated carbocycles. The van der Waals surface area contributed by atoms with Crippen molar-refractivity contribution in [2.45, 2.75) is 56.3 Å². The van der Waals surface area contributed by atoms with Crippen LogP contribution in [-0.2, 0) is 26.7 Å². The normalized spacial score (nSPS) is 16.6. The highest BCUT2D eigenvalue weighted by Crippen LogP contribution is 2.33. The van der Waals surface area contributed by atoms with Crippen molar-refractivity contribution in [1.82, 2.24) is 14.5 Å². The summed E-state index contributed by atoms with van der Waals surface area (Å²) >= 11 is 0. The average molecular weight is 486 g/mol. The molecule has 4 rings (SSSR count). The number of carbonyl (C=O) groups is 1. The fourth-order valence-corrected chi connectivity index (χ4v) is 4.85. The summed E-state index contributed by atoms with van der Waals surface area (Å²) in [7, 11) is -3.26. The van der Waals surface area contributed by atoms with Crippen LogP contribution in [-0.4, -0.2) is 59.0 Å². The van der Waals surface area contributed by atoms with Crippen molar-refractivity contribution < 1.29 is 23.1 Å². The van der Waals surface area contributed by atoms with Crippen LogP contribution in [0, 0.1) is 0 Å². The standard InChI is InChI=1S/C25H31N3O5S/c1-24(2,3)33-23(29)27-13-10-25(30,11-14-27)19-5-6-20(26-16-19)17-28-12-9-18-15-21(34(4,31)32)7-8-22(18)28/h5-9,12,15-16,30H,10-11,13-14,17H2,1-4H3. The maximum Gasteiger partial charge on any atom is 0.410 e. The second-order valence-corrected chi connectivity index (χ2v) is 12.0. The van der Waals surface area contributed by atoms with E-state index in [4.69, 9.17) is 4.74 Å². The average Bonchev–Trinajstić information content (AvgIpc) is 3.15. The smallest absolute Gasteiger partial charge is 0.410 e. The number of hydrogen-bond donors (Lipinski definition) is 1. The minimum atomic E-state index is -3.26. The molecule has 0 bridgehead atoms. The summed E-state index contributed by atoms with van der Waals surface area (Å²) in [5.41, 5.74) is 0.891. The molecule has 0 spiro atoms. The molecule has 1 fully saturated rings. The molecule has 3 aromatic rings. The van der Waals surface area contributed by atoms with Crippen molar-refractivity contribution in [3.63, 3.8) is 0 Å². The summed E-state index contributed by atoms with van der Waals surface area (Å²) in [6.45, 7) is 6.86. The highest BCUT2D eigenvalue weighted by molar-refractivity contribution is 7.90. The summed E-state index contributed by atoms with van der Waals surface area (Å²) in [6, 6.07) is 10.8. The Morgan fingerprint density at radius 2 is 1.85 bits per heavy atom. The van der Waals surface area contributed by atoms with Gasteiger partial charge in [0, 0.05) is 48.2 Å². The first-order valence-electron chi connectivity index (χ1n) is 11.3. The van der Waals surface area contributed by atoms with Gasteiger partial charge in [0.05, 0.1) is 22.7 Å². The number of hydrogen-bond acceptors (Lipinski definition) is 6. The second-order valence-electron chi connectivity index (χ2n) is 9.97. The molecule has 1 aliphatic heterocycles. The first-order chi connectivity index (χ1) is 15.8. The largest absolute Gasteiger partial charge is 0.444 e. The van der Waals surface area contributed by atoms with Gasteiger partial charge < -0.3 is 19.3 Å². The van der Waals surface area contributed by atoms with Gasteiger partial charge in [0.25, 0.3) is 0 Å². The highest BCUT2D eigenvalue weighted by Gasteiger charge is 2.37. The monoisotopic (exact) mass is 485 g/mol. The first kappa shape index (κ1) is 24.2. The van der Waals surface area contributed by atoms with E-state index >= 15 is 0 Å². The lowest BCUT2D eigenvalue weighted by Crippen LogP contribution is -2.46. The Balaban J connectivity index is 1.43. The summed E-state index contributed by atoms with van der Waals surface area (Å²) < 4.78 is 31.1. The number of benzene rings is 1. The van der Waals surface area contributed by atoms with Crippen molar-refractivity contribution in [3.8, 4) is 0 Å². The van der Waals surface area contributed by atoms with Gasteiger partial charge in [-0.1, -0.05) is 6.07 Å². The number of ether oxygens (including phenoxy) is 1. The molecular weight excluding hydrogens is 454 g/mol. The molecular formula is C25H31N3O5S. The van der Waals surface area contributed by atoms with E-state index in [1.165, 1.54) is 6.26 Å². The second kappa shape index (κ2) is 8.70. The Hall–Kier alpha value is -2.91. The van der Waals surface area contributed by atoms with Gasteiger partial charge in [-0.3, -0.25) is 4.98 Å². The fraction of sp³-hybridized carbons (Fsp3) is 0.440. The number of sulfone groups is 1. The van der Waals surface area contributed by atoms with Gasteiger partial charge in [-0.25, -0.2) is 13.2 Å². The molecule has 1 N–H and O–H groups in total. The quantitative estimate of drug-likeness (QED) is 0.605. The zero-order valence-electron chi connectivity index (χ0n) is 20.0. The maximum atomic E-state index is 12.3. The Kier molecular flexibility index (Phi) is 6.20. The van der Waals surface area contributed by atoms with Crippen LogP contribution in [0.5, 0.6) is 0 Å². The molecule has 0 aliphatic carbocycles. The van der Waals surface area contributed by atoms with E-state index in [0.29, 0.717) is 37.4 Å². The Bertz CT molecular complexity index is 1300. The Morgan fingerprint density at radius 1 is 1.15 bits per heavy atom. The van der Waals surface area contributed by atoms with E-state index in [0.717, 1.165) is 22.2 Å². The van der Waals surface area contributed by atoms with Gasteiger partial charge in [0.15, 0.2) is 9.84 Å². The molecule has 0 unspecified atom stereocenters. The molecule has 0 radical (unpaired) electrons. The summed E-state index contributed by atoms with van der Waals surface area (Å²) in [6.07, 6.45) is 5.28. The minimum Gasteiger partial charge on any atom is -0.444 e. The predicted molar refractivity (Wildman–Crippen MR) is 129 cm³/mol. The van der Waals surface area contributed by atoms with Gasteiger partial charge in [0.1, 0.15) is 5.60 Å². The lowest BCUT2D eigenvalue weighted by atomic mass is 9.85. The zero-order valence-corrected chi connectivity index (χ0v) is 20.8. The van der Waals surface area contributed by atoms with Gasteiger partial charge in [-0.2, -0.15) is 0 Å². The summed E-state index contributed by atoms with van der Waals surface area (Å²) in [5.74, 6) is 0. The van der Waals surface area contributed by atoms with Crippen molar-refractivity contribution in [2.75, 3.05) is 19.3 Å². The molecule has 34 heavy (non-hydrogen) atoms. The number of fused-ring (bicyclic) bond motifs is 1. The van der Waals surface area contributed by atoms with Gasteiger partial charge in [-0.05, 0) is 63.9 Å². The van der Waals surface area contributed by atoms with E-state index in [1.54, 1.807) is 29.3 Å². The van der Waals surface area contributed by atoms with E-state index in [1.807, 2.05) is 49.7 Å². The van der Waals surface area contributed by atoms with Crippen LogP contribution in [0.1, 0.15) is 44.9 Å². The number of rotatable bonds is 4. The van der Waals surface area contributed by atoms with Crippen LogP contribution < -0.4 is 0 Å². The number of nitrogens with zero attached hydrogens (tertiary/aromatic N) is 3. The summed E-state index contributed by atoms with van der Waals surface area (Å²) in [4.78, 5) is 18.8. The fourth-order valence-electron chi connectivity index (χ4n) is 4.19. The van der Waals surface area contributed by atoms with E-state index in [-0.39, 0.29) is 6.09 Å². The van der Waals surface area contributed by atoms with E-state index in [2.05, 4.69) is 4.98 Å². The molecule has 1 aromatic carbocycles. The summed E-state index contributed by atoms with van der Waals surface area (Å²) in [5, 5.41) is 12.0.